The summed E-state index contributed by atoms with van der Waals surface area (Å²) >= 11 is 0. The van der Waals surface area contributed by atoms with Gasteiger partial charge >= 0.3 is 6.18 Å². The zero-order chi connectivity index (χ0) is 13.2. The number of likely N-dealkylation sites (tertiary alicyclic amines) is 1. The zero-order valence-corrected chi connectivity index (χ0v) is 9.67. The summed E-state index contributed by atoms with van der Waals surface area (Å²) in [6.45, 7) is 3.03. The number of amides is 2. The van der Waals surface area contributed by atoms with Crippen molar-refractivity contribution >= 4 is 11.8 Å². The van der Waals surface area contributed by atoms with E-state index in [1.165, 1.54) is 0 Å². The minimum atomic E-state index is -4.25. The molecule has 4 nitrogen and oxygen atoms in total. The van der Waals surface area contributed by atoms with Gasteiger partial charge in [0.2, 0.25) is 11.8 Å². The number of hydrogen-bond donors (Lipinski definition) is 1. The summed E-state index contributed by atoms with van der Waals surface area (Å²) in [5.41, 5.74) is 0. The molecule has 0 spiro atoms. The molecule has 1 aliphatic heterocycles. The van der Waals surface area contributed by atoms with E-state index in [2.05, 4.69) is 5.32 Å². The summed E-state index contributed by atoms with van der Waals surface area (Å²) in [5.74, 6) is -0.776. The lowest BCUT2D eigenvalue weighted by Crippen LogP contribution is -2.42. The minimum absolute atomic E-state index is 0.0606. The second kappa shape index (κ2) is 5.03. The molecule has 1 N–H and O–H groups in total. The number of hydrogen-bond acceptors (Lipinski definition) is 3. The number of rotatable bonds is 4. The maximum Gasteiger partial charge on any atom is 0.390 e. The standard InChI is InChI=1S/C10H15F3N2O2/c1-6(2)15-8(16)5-7(9(15)17)14-4-3-10(11,12)13/h6-7,14H,3-5H2,1-2H3. The van der Waals surface area contributed by atoms with Gasteiger partial charge in [-0.1, -0.05) is 0 Å². The van der Waals surface area contributed by atoms with Gasteiger partial charge in [-0.2, -0.15) is 13.2 Å². The molecule has 2 amide bonds. The van der Waals surface area contributed by atoms with Gasteiger partial charge in [-0.3, -0.25) is 14.5 Å². The average Bonchev–Trinajstić information content (AvgIpc) is 2.39. The minimum Gasteiger partial charge on any atom is -0.305 e. The summed E-state index contributed by atoms with van der Waals surface area (Å²) in [6.07, 6.45) is -5.32. The van der Waals surface area contributed by atoms with E-state index in [4.69, 9.17) is 0 Å². The molecule has 1 unspecified atom stereocenters. The van der Waals surface area contributed by atoms with Gasteiger partial charge in [0.05, 0.1) is 18.9 Å². The first-order valence-corrected chi connectivity index (χ1v) is 5.38. The molecule has 0 aliphatic carbocycles. The Morgan fingerprint density at radius 1 is 1.41 bits per heavy atom. The number of halogens is 3. The summed E-state index contributed by atoms with van der Waals surface area (Å²) in [5, 5.41) is 2.47. The summed E-state index contributed by atoms with van der Waals surface area (Å²) < 4.78 is 35.7. The van der Waals surface area contributed by atoms with E-state index in [0.717, 1.165) is 4.90 Å². The molecule has 1 fully saturated rings. The highest BCUT2D eigenvalue weighted by molar-refractivity contribution is 6.05. The zero-order valence-electron chi connectivity index (χ0n) is 9.67. The van der Waals surface area contributed by atoms with Crippen molar-refractivity contribution in [3.05, 3.63) is 0 Å². The van der Waals surface area contributed by atoms with E-state index in [1.807, 2.05) is 0 Å². The number of carbonyl (C=O) groups is 2. The van der Waals surface area contributed by atoms with Crippen molar-refractivity contribution < 1.29 is 22.8 Å². The molecule has 1 heterocycles. The number of nitrogens with zero attached hydrogens (tertiary/aromatic N) is 1. The van der Waals surface area contributed by atoms with Crippen molar-refractivity contribution in [1.82, 2.24) is 10.2 Å². The quantitative estimate of drug-likeness (QED) is 0.761. The molecule has 98 valence electrons. The highest BCUT2D eigenvalue weighted by Crippen LogP contribution is 2.20. The maximum atomic E-state index is 11.9. The Morgan fingerprint density at radius 3 is 2.41 bits per heavy atom. The second-order valence-corrected chi connectivity index (χ2v) is 4.27. The normalized spacial score (nSPS) is 21.8. The lowest BCUT2D eigenvalue weighted by molar-refractivity contribution is -0.142. The number of imide groups is 1. The smallest absolute Gasteiger partial charge is 0.305 e. The van der Waals surface area contributed by atoms with Gasteiger partial charge in [0, 0.05) is 12.6 Å². The van der Waals surface area contributed by atoms with Crippen LogP contribution in [0.5, 0.6) is 0 Å². The molecule has 0 saturated carbocycles. The Hall–Kier alpha value is -1.11. The van der Waals surface area contributed by atoms with E-state index >= 15 is 0 Å². The summed E-state index contributed by atoms with van der Waals surface area (Å²) in [7, 11) is 0. The maximum absolute atomic E-state index is 11.9. The van der Waals surface area contributed by atoms with Crippen LogP contribution in [0.1, 0.15) is 26.7 Å². The van der Waals surface area contributed by atoms with E-state index in [9.17, 15) is 22.8 Å². The van der Waals surface area contributed by atoms with Crippen molar-refractivity contribution in [3.63, 3.8) is 0 Å². The number of nitrogens with one attached hydrogen (secondary N) is 1. The predicted octanol–water partition coefficient (Wildman–Crippen LogP) is 1.06. The third-order valence-electron chi connectivity index (χ3n) is 2.50. The molecule has 7 heteroatoms. The Balaban J connectivity index is 2.47. The van der Waals surface area contributed by atoms with Crippen LogP contribution in [0.3, 0.4) is 0 Å². The monoisotopic (exact) mass is 252 g/mol. The van der Waals surface area contributed by atoms with Crippen LogP contribution in [0, 0.1) is 0 Å². The van der Waals surface area contributed by atoms with E-state index < -0.39 is 24.5 Å². The van der Waals surface area contributed by atoms with Crippen molar-refractivity contribution in [2.45, 2.75) is 44.9 Å². The van der Waals surface area contributed by atoms with Gasteiger partial charge in [0.15, 0.2) is 0 Å². The predicted molar refractivity (Wildman–Crippen MR) is 54.1 cm³/mol. The molecular formula is C10H15F3N2O2. The molecule has 1 rings (SSSR count). The molecule has 1 aliphatic rings. The topological polar surface area (TPSA) is 49.4 Å². The van der Waals surface area contributed by atoms with Gasteiger partial charge < -0.3 is 5.32 Å². The van der Waals surface area contributed by atoms with Gasteiger partial charge in [-0.05, 0) is 13.8 Å². The van der Waals surface area contributed by atoms with Crippen molar-refractivity contribution in [3.8, 4) is 0 Å². The van der Waals surface area contributed by atoms with Crippen molar-refractivity contribution in [2.24, 2.45) is 0 Å². The molecule has 0 aromatic heterocycles. The van der Waals surface area contributed by atoms with Crippen LogP contribution in [-0.2, 0) is 9.59 Å². The lowest BCUT2D eigenvalue weighted by atomic mass is 10.2. The number of alkyl halides is 3. The molecular weight excluding hydrogens is 237 g/mol. The van der Waals surface area contributed by atoms with Gasteiger partial charge in [0.1, 0.15) is 0 Å². The molecule has 0 radical (unpaired) electrons. The Labute approximate surface area is 97.1 Å². The molecule has 17 heavy (non-hydrogen) atoms. The summed E-state index contributed by atoms with van der Waals surface area (Å²) in [4.78, 5) is 24.2. The Bertz CT molecular complexity index is 315. The van der Waals surface area contributed by atoms with Crippen LogP contribution in [0.15, 0.2) is 0 Å². The summed E-state index contributed by atoms with van der Waals surface area (Å²) in [6, 6.07) is -1.07. The van der Waals surface area contributed by atoms with Crippen LogP contribution in [0.4, 0.5) is 13.2 Å². The fourth-order valence-corrected chi connectivity index (χ4v) is 1.74. The van der Waals surface area contributed by atoms with Crippen molar-refractivity contribution in [2.75, 3.05) is 6.54 Å². The Morgan fingerprint density at radius 2 is 2.00 bits per heavy atom. The molecule has 0 aromatic carbocycles. The van der Waals surface area contributed by atoms with Crippen LogP contribution < -0.4 is 5.32 Å². The lowest BCUT2D eigenvalue weighted by Gasteiger charge is -2.19. The van der Waals surface area contributed by atoms with Gasteiger partial charge in [0.25, 0.3) is 0 Å². The highest BCUT2D eigenvalue weighted by atomic mass is 19.4. The highest BCUT2D eigenvalue weighted by Gasteiger charge is 2.40. The molecule has 0 bridgehead atoms. The van der Waals surface area contributed by atoms with Gasteiger partial charge in [-0.15, -0.1) is 0 Å². The SMILES string of the molecule is CC(C)N1C(=O)CC(NCCC(F)(F)F)C1=O. The van der Waals surface area contributed by atoms with Crippen LogP contribution >= 0.6 is 0 Å². The molecule has 1 saturated heterocycles. The first-order valence-electron chi connectivity index (χ1n) is 5.38. The van der Waals surface area contributed by atoms with Gasteiger partial charge in [-0.25, -0.2) is 0 Å². The molecule has 0 aromatic rings. The number of carbonyl (C=O) groups excluding carboxylic acids is 2. The van der Waals surface area contributed by atoms with E-state index in [1.54, 1.807) is 13.8 Å². The average molecular weight is 252 g/mol. The van der Waals surface area contributed by atoms with Crippen LogP contribution in [0.2, 0.25) is 0 Å². The molecule has 1 atom stereocenters. The van der Waals surface area contributed by atoms with Crippen molar-refractivity contribution in [1.29, 1.82) is 0 Å². The largest absolute Gasteiger partial charge is 0.390 e. The first-order chi connectivity index (χ1) is 7.72. The van der Waals surface area contributed by atoms with E-state index in [0.29, 0.717) is 0 Å². The third kappa shape index (κ3) is 3.69. The Kier molecular flexibility index (Phi) is 4.13. The van der Waals surface area contributed by atoms with E-state index in [-0.39, 0.29) is 24.9 Å². The second-order valence-electron chi connectivity index (χ2n) is 4.27. The fourth-order valence-electron chi connectivity index (χ4n) is 1.74. The first kappa shape index (κ1) is 14.0. The van der Waals surface area contributed by atoms with Crippen LogP contribution in [0.25, 0.3) is 0 Å². The fraction of sp³-hybridized carbons (Fsp3) is 0.800. The third-order valence-corrected chi connectivity index (χ3v) is 2.50. The van der Waals surface area contributed by atoms with Crippen LogP contribution in [-0.4, -0.2) is 41.5 Å².